The van der Waals surface area contributed by atoms with Crippen molar-refractivity contribution in [1.29, 1.82) is 0 Å². The van der Waals surface area contributed by atoms with E-state index in [1.165, 1.54) is 25.7 Å². The van der Waals surface area contributed by atoms with Crippen LogP contribution in [-0.4, -0.2) is 36.2 Å². The molecule has 0 saturated carbocycles. The SMILES string of the molecule is CCC1CCCCN1CC(O)c1c(C)cc(OC)cc1C. The Morgan fingerprint density at radius 3 is 2.52 bits per heavy atom. The highest BCUT2D eigenvalue weighted by molar-refractivity contribution is 5.42. The van der Waals surface area contributed by atoms with Gasteiger partial charge in [-0.2, -0.15) is 0 Å². The van der Waals surface area contributed by atoms with Crippen molar-refractivity contribution in [3.63, 3.8) is 0 Å². The summed E-state index contributed by atoms with van der Waals surface area (Å²) >= 11 is 0. The van der Waals surface area contributed by atoms with Crippen molar-refractivity contribution in [3.05, 3.63) is 28.8 Å². The first-order valence-electron chi connectivity index (χ1n) is 8.14. The highest BCUT2D eigenvalue weighted by atomic mass is 16.5. The zero-order valence-electron chi connectivity index (χ0n) is 13.9. The van der Waals surface area contributed by atoms with Crippen LogP contribution in [0.5, 0.6) is 5.75 Å². The van der Waals surface area contributed by atoms with E-state index in [2.05, 4.69) is 25.7 Å². The number of methoxy groups -OCH3 is 1. The minimum atomic E-state index is -0.414. The number of benzene rings is 1. The Labute approximate surface area is 128 Å². The van der Waals surface area contributed by atoms with Crippen molar-refractivity contribution in [2.24, 2.45) is 0 Å². The molecular weight excluding hydrogens is 262 g/mol. The molecule has 0 aromatic heterocycles. The lowest BCUT2D eigenvalue weighted by molar-refractivity contribution is 0.0650. The molecule has 2 atom stereocenters. The van der Waals surface area contributed by atoms with Crippen LogP contribution >= 0.6 is 0 Å². The minimum Gasteiger partial charge on any atom is -0.497 e. The van der Waals surface area contributed by atoms with Crippen molar-refractivity contribution in [3.8, 4) is 5.75 Å². The average Bonchev–Trinajstić information content (AvgIpc) is 2.46. The number of β-amino-alcohol motifs (C(OH)–C–C–N with tert-alkyl or cyclic N) is 1. The minimum absolute atomic E-state index is 0.414. The third kappa shape index (κ3) is 3.78. The van der Waals surface area contributed by atoms with E-state index in [4.69, 9.17) is 4.74 Å². The molecule has 3 nitrogen and oxygen atoms in total. The van der Waals surface area contributed by atoms with Crippen molar-refractivity contribution in [1.82, 2.24) is 4.90 Å². The number of ether oxygens (including phenoxy) is 1. The molecule has 2 rings (SSSR count). The molecule has 0 spiro atoms. The Hall–Kier alpha value is -1.06. The number of nitrogens with zero attached hydrogens (tertiary/aromatic N) is 1. The lowest BCUT2D eigenvalue weighted by Crippen LogP contribution is -2.41. The summed E-state index contributed by atoms with van der Waals surface area (Å²) in [5.41, 5.74) is 3.30. The second-order valence-electron chi connectivity index (χ2n) is 6.24. The molecule has 21 heavy (non-hydrogen) atoms. The van der Waals surface area contributed by atoms with Crippen molar-refractivity contribution in [2.75, 3.05) is 20.2 Å². The Morgan fingerprint density at radius 2 is 1.95 bits per heavy atom. The zero-order valence-corrected chi connectivity index (χ0v) is 13.9. The lowest BCUT2D eigenvalue weighted by atomic mass is 9.94. The Balaban J connectivity index is 2.14. The summed E-state index contributed by atoms with van der Waals surface area (Å²) in [6.45, 7) is 8.22. The highest BCUT2D eigenvalue weighted by Gasteiger charge is 2.24. The number of likely N-dealkylation sites (tertiary alicyclic amines) is 1. The molecule has 0 radical (unpaired) electrons. The Kier molecular flexibility index (Phi) is 5.65. The average molecular weight is 291 g/mol. The van der Waals surface area contributed by atoms with Gasteiger partial charge in [-0.05, 0) is 68.5 Å². The van der Waals surface area contributed by atoms with Crippen LogP contribution in [0.1, 0.15) is 55.4 Å². The van der Waals surface area contributed by atoms with Crippen molar-refractivity contribution < 1.29 is 9.84 Å². The van der Waals surface area contributed by atoms with E-state index in [1.54, 1.807) is 7.11 Å². The Morgan fingerprint density at radius 1 is 1.29 bits per heavy atom. The molecule has 1 N–H and O–H groups in total. The van der Waals surface area contributed by atoms with E-state index in [9.17, 15) is 5.11 Å². The lowest BCUT2D eigenvalue weighted by Gasteiger charge is -2.37. The van der Waals surface area contributed by atoms with Gasteiger partial charge in [0.15, 0.2) is 0 Å². The quantitative estimate of drug-likeness (QED) is 0.899. The number of hydrogen-bond donors (Lipinski definition) is 1. The largest absolute Gasteiger partial charge is 0.497 e. The van der Waals surface area contributed by atoms with Gasteiger partial charge in [0.25, 0.3) is 0 Å². The third-order valence-corrected chi connectivity index (χ3v) is 4.76. The van der Waals surface area contributed by atoms with Crippen LogP contribution in [0.4, 0.5) is 0 Å². The molecule has 1 heterocycles. The van der Waals surface area contributed by atoms with E-state index < -0.39 is 6.10 Å². The molecule has 0 amide bonds. The Bertz CT molecular complexity index is 449. The number of aliphatic hydroxyl groups is 1. The molecule has 0 bridgehead atoms. The maximum absolute atomic E-state index is 10.7. The number of hydrogen-bond acceptors (Lipinski definition) is 3. The van der Waals surface area contributed by atoms with Gasteiger partial charge in [0.05, 0.1) is 13.2 Å². The van der Waals surface area contributed by atoms with Crippen molar-refractivity contribution >= 4 is 0 Å². The van der Waals surface area contributed by atoms with Gasteiger partial charge < -0.3 is 9.84 Å². The van der Waals surface area contributed by atoms with Crippen LogP contribution in [0.25, 0.3) is 0 Å². The van der Waals surface area contributed by atoms with Gasteiger partial charge in [0.1, 0.15) is 5.75 Å². The van der Waals surface area contributed by atoms with E-state index in [0.717, 1.165) is 35.5 Å². The summed E-state index contributed by atoms with van der Waals surface area (Å²) in [7, 11) is 1.68. The predicted octanol–water partition coefficient (Wildman–Crippen LogP) is 3.61. The van der Waals surface area contributed by atoms with Gasteiger partial charge in [-0.25, -0.2) is 0 Å². The van der Waals surface area contributed by atoms with Crippen LogP contribution < -0.4 is 4.74 Å². The molecule has 0 aliphatic carbocycles. The van der Waals surface area contributed by atoms with Crippen LogP contribution in [-0.2, 0) is 0 Å². The molecule has 1 aliphatic rings. The molecule has 1 fully saturated rings. The molecule has 1 aromatic rings. The highest BCUT2D eigenvalue weighted by Crippen LogP contribution is 2.29. The summed E-state index contributed by atoms with van der Waals surface area (Å²) in [4.78, 5) is 2.47. The van der Waals surface area contributed by atoms with Gasteiger partial charge in [-0.15, -0.1) is 0 Å². The number of piperidine rings is 1. The smallest absolute Gasteiger partial charge is 0.119 e. The molecule has 3 heteroatoms. The predicted molar refractivity (Wildman–Crippen MR) is 86.9 cm³/mol. The fourth-order valence-electron chi connectivity index (χ4n) is 3.65. The number of rotatable bonds is 5. The van der Waals surface area contributed by atoms with Gasteiger partial charge in [0.2, 0.25) is 0 Å². The zero-order chi connectivity index (χ0) is 15.4. The van der Waals surface area contributed by atoms with E-state index in [1.807, 2.05) is 12.1 Å². The van der Waals surface area contributed by atoms with Crippen LogP contribution in [0.3, 0.4) is 0 Å². The van der Waals surface area contributed by atoms with Gasteiger partial charge in [0, 0.05) is 12.6 Å². The van der Waals surface area contributed by atoms with Gasteiger partial charge in [-0.3, -0.25) is 4.90 Å². The van der Waals surface area contributed by atoms with Crippen LogP contribution in [0.2, 0.25) is 0 Å². The molecule has 1 aliphatic heterocycles. The standard InChI is InChI=1S/C18H29NO2/c1-5-15-8-6-7-9-19(15)12-17(20)18-13(2)10-16(21-4)11-14(18)3/h10-11,15,17,20H,5-9,12H2,1-4H3. The summed E-state index contributed by atoms with van der Waals surface area (Å²) in [6.07, 6.45) is 4.61. The fourth-order valence-corrected chi connectivity index (χ4v) is 3.65. The number of aryl methyl sites for hydroxylation is 2. The second-order valence-corrected chi connectivity index (χ2v) is 6.24. The van der Waals surface area contributed by atoms with E-state index in [-0.39, 0.29) is 0 Å². The van der Waals surface area contributed by atoms with E-state index >= 15 is 0 Å². The first kappa shape index (κ1) is 16.3. The second kappa shape index (κ2) is 7.28. The number of aliphatic hydroxyl groups excluding tert-OH is 1. The molecule has 2 unspecified atom stereocenters. The molecule has 118 valence electrons. The topological polar surface area (TPSA) is 32.7 Å². The maximum Gasteiger partial charge on any atom is 0.119 e. The first-order chi connectivity index (χ1) is 10.1. The fraction of sp³-hybridized carbons (Fsp3) is 0.667. The molecule has 1 saturated heterocycles. The van der Waals surface area contributed by atoms with Crippen molar-refractivity contribution in [2.45, 2.75) is 58.6 Å². The molecular formula is C18H29NO2. The summed E-state index contributed by atoms with van der Waals surface area (Å²) < 4.78 is 5.30. The summed E-state index contributed by atoms with van der Waals surface area (Å²) in [5.74, 6) is 0.866. The summed E-state index contributed by atoms with van der Waals surface area (Å²) in [6, 6.07) is 4.66. The molecule has 1 aromatic carbocycles. The maximum atomic E-state index is 10.7. The van der Waals surface area contributed by atoms with Crippen LogP contribution in [0, 0.1) is 13.8 Å². The first-order valence-corrected chi connectivity index (χ1v) is 8.14. The van der Waals surface area contributed by atoms with Gasteiger partial charge in [-0.1, -0.05) is 13.3 Å². The van der Waals surface area contributed by atoms with E-state index in [0.29, 0.717) is 6.04 Å². The third-order valence-electron chi connectivity index (χ3n) is 4.76. The van der Waals surface area contributed by atoms with Gasteiger partial charge >= 0.3 is 0 Å². The van der Waals surface area contributed by atoms with Crippen LogP contribution in [0.15, 0.2) is 12.1 Å². The summed E-state index contributed by atoms with van der Waals surface area (Å²) in [5, 5.41) is 10.7. The normalized spacial score (nSPS) is 21.3. The monoisotopic (exact) mass is 291 g/mol.